The lowest BCUT2D eigenvalue weighted by atomic mass is 10.1. The van der Waals surface area contributed by atoms with Gasteiger partial charge in [0.05, 0.1) is 17.8 Å². The molecule has 2 rings (SSSR count). The van der Waals surface area contributed by atoms with Crippen molar-refractivity contribution < 1.29 is 13.2 Å². The highest BCUT2D eigenvalue weighted by molar-refractivity contribution is 6.10. The highest BCUT2D eigenvalue weighted by Gasteiger charge is 2.32. The van der Waals surface area contributed by atoms with Crippen molar-refractivity contribution in [2.75, 3.05) is 6.54 Å². The number of aliphatic imine (C=N–C) groups is 1. The first-order chi connectivity index (χ1) is 9.29. The number of nitrogens with zero attached hydrogens (tertiary/aromatic N) is 3. The summed E-state index contributed by atoms with van der Waals surface area (Å²) in [5, 5.41) is 4.35. The molecule has 0 aliphatic carbocycles. The topological polar surface area (TPSA) is 30.2 Å². The Kier molecular flexibility index (Phi) is 3.83. The minimum Gasteiger partial charge on any atom is -0.288 e. The van der Waals surface area contributed by atoms with Crippen LogP contribution in [-0.4, -0.2) is 28.7 Å². The van der Waals surface area contributed by atoms with Gasteiger partial charge in [-0.05, 0) is 32.9 Å². The van der Waals surface area contributed by atoms with Crippen LogP contribution in [0.5, 0.6) is 0 Å². The Morgan fingerprint density at radius 3 is 2.55 bits per heavy atom. The second kappa shape index (κ2) is 5.26. The van der Waals surface area contributed by atoms with Crippen LogP contribution < -0.4 is 0 Å². The first kappa shape index (κ1) is 14.6. The maximum absolute atomic E-state index is 12.8. The fraction of sp³-hybridized carbons (Fsp3) is 0.429. The van der Waals surface area contributed by atoms with Gasteiger partial charge >= 0.3 is 6.18 Å². The zero-order valence-electron chi connectivity index (χ0n) is 11.6. The van der Waals surface area contributed by atoms with Crippen LogP contribution in [0.25, 0.3) is 5.57 Å². The predicted molar refractivity (Wildman–Crippen MR) is 72.8 cm³/mol. The highest BCUT2D eigenvalue weighted by atomic mass is 19.4. The maximum atomic E-state index is 12.8. The van der Waals surface area contributed by atoms with Crippen molar-refractivity contribution in [3.63, 3.8) is 0 Å². The van der Waals surface area contributed by atoms with Gasteiger partial charge in [0.15, 0.2) is 0 Å². The van der Waals surface area contributed by atoms with E-state index in [1.807, 2.05) is 20.8 Å². The molecule has 0 saturated heterocycles. The third kappa shape index (κ3) is 3.00. The number of hydrogen-bond donors (Lipinski definition) is 0. The first-order valence-corrected chi connectivity index (χ1v) is 6.34. The Morgan fingerprint density at radius 1 is 1.30 bits per heavy atom. The van der Waals surface area contributed by atoms with E-state index in [1.165, 1.54) is 6.21 Å². The summed E-state index contributed by atoms with van der Waals surface area (Å²) in [6.45, 7) is 5.85. The van der Waals surface area contributed by atoms with Gasteiger partial charge in [-0.25, -0.2) is 0 Å². The van der Waals surface area contributed by atoms with Gasteiger partial charge in [0, 0.05) is 23.5 Å². The molecule has 1 aromatic rings. The van der Waals surface area contributed by atoms with Crippen molar-refractivity contribution in [2.45, 2.75) is 33.0 Å². The quantitative estimate of drug-likeness (QED) is 0.813. The van der Waals surface area contributed by atoms with E-state index in [4.69, 9.17) is 0 Å². The average Bonchev–Trinajstić information content (AvgIpc) is 2.58. The fourth-order valence-electron chi connectivity index (χ4n) is 2.06. The lowest BCUT2D eigenvalue weighted by Gasteiger charge is -2.08. The van der Waals surface area contributed by atoms with E-state index in [2.05, 4.69) is 10.1 Å². The molecule has 0 fully saturated rings. The minimum absolute atomic E-state index is 0.0265. The van der Waals surface area contributed by atoms with E-state index in [9.17, 15) is 13.2 Å². The van der Waals surface area contributed by atoms with Gasteiger partial charge in [-0.1, -0.05) is 6.08 Å². The van der Waals surface area contributed by atoms with Gasteiger partial charge in [-0.3, -0.25) is 9.67 Å². The van der Waals surface area contributed by atoms with Crippen LogP contribution in [-0.2, 0) is 0 Å². The molecule has 1 aliphatic heterocycles. The zero-order chi connectivity index (χ0) is 14.9. The summed E-state index contributed by atoms with van der Waals surface area (Å²) in [6, 6.07) is 1.93. The third-order valence-electron chi connectivity index (χ3n) is 2.99. The molecule has 2 heterocycles. The highest BCUT2D eigenvalue weighted by Crippen LogP contribution is 2.30. The van der Waals surface area contributed by atoms with Crippen molar-refractivity contribution in [3.05, 3.63) is 35.2 Å². The molecular formula is C14H16F3N3. The van der Waals surface area contributed by atoms with E-state index in [0.29, 0.717) is 11.3 Å². The van der Waals surface area contributed by atoms with Crippen LogP contribution >= 0.6 is 0 Å². The van der Waals surface area contributed by atoms with Crippen molar-refractivity contribution >= 4 is 11.8 Å². The van der Waals surface area contributed by atoms with Gasteiger partial charge in [0.25, 0.3) is 0 Å². The molecule has 0 unspecified atom stereocenters. The Morgan fingerprint density at radius 2 is 2.00 bits per heavy atom. The van der Waals surface area contributed by atoms with Crippen LogP contribution in [0.3, 0.4) is 0 Å². The van der Waals surface area contributed by atoms with Gasteiger partial charge in [0.1, 0.15) is 0 Å². The molecule has 0 spiro atoms. The Labute approximate surface area is 115 Å². The third-order valence-corrected chi connectivity index (χ3v) is 2.99. The molecule has 20 heavy (non-hydrogen) atoms. The number of halogens is 3. The smallest absolute Gasteiger partial charge is 0.288 e. The summed E-state index contributed by atoms with van der Waals surface area (Å²) < 4.78 is 40.3. The molecule has 3 nitrogen and oxygen atoms in total. The summed E-state index contributed by atoms with van der Waals surface area (Å²) in [5.74, 6) is 0. The van der Waals surface area contributed by atoms with Crippen LogP contribution in [0.4, 0.5) is 13.2 Å². The lowest BCUT2D eigenvalue weighted by Crippen LogP contribution is -2.10. The summed E-state index contributed by atoms with van der Waals surface area (Å²) in [5.41, 5.74) is 1.12. The Hall–Kier alpha value is -1.85. The monoisotopic (exact) mass is 283 g/mol. The van der Waals surface area contributed by atoms with E-state index in [-0.39, 0.29) is 12.6 Å². The Balaban J connectivity index is 2.43. The van der Waals surface area contributed by atoms with E-state index in [0.717, 1.165) is 17.8 Å². The lowest BCUT2D eigenvalue weighted by molar-refractivity contribution is -0.0882. The van der Waals surface area contributed by atoms with Crippen molar-refractivity contribution in [2.24, 2.45) is 4.99 Å². The molecule has 0 amide bonds. The number of aryl methyl sites for hydroxylation is 1. The fourth-order valence-corrected chi connectivity index (χ4v) is 2.06. The second-order valence-corrected chi connectivity index (χ2v) is 4.96. The predicted octanol–water partition coefficient (Wildman–Crippen LogP) is 3.73. The largest absolute Gasteiger partial charge is 0.416 e. The normalized spacial score (nSPS) is 16.1. The van der Waals surface area contributed by atoms with Gasteiger partial charge < -0.3 is 0 Å². The molecule has 0 bridgehead atoms. The average molecular weight is 283 g/mol. The van der Waals surface area contributed by atoms with E-state index in [1.54, 1.807) is 10.7 Å². The summed E-state index contributed by atoms with van der Waals surface area (Å²) in [7, 11) is 0. The standard InChI is InChI=1S/C14H16F3N3/c1-9(2)20-10(3)6-13(19-20)11-7-12(14(15,16)17)4-5-18-8-11/h4,6-9H,5H2,1-3H3. The molecule has 1 aliphatic rings. The number of rotatable bonds is 2. The van der Waals surface area contributed by atoms with Gasteiger partial charge in [0.2, 0.25) is 0 Å². The molecule has 6 heteroatoms. The number of aromatic nitrogens is 2. The number of alkyl halides is 3. The summed E-state index contributed by atoms with van der Waals surface area (Å²) in [6.07, 6.45) is -0.741. The molecule has 0 aromatic carbocycles. The van der Waals surface area contributed by atoms with Gasteiger partial charge in [-0.2, -0.15) is 18.3 Å². The molecule has 108 valence electrons. The summed E-state index contributed by atoms with van der Waals surface area (Å²) >= 11 is 0. The molecule has 0 atom stereocenters. The van der Waals surface area contributed by atoms with Gasteiger partial charge in [-0.15, -0.1) is 0 Å². The maximum Gasteiger partial charge on any atom is 0.416 e. The summed E-state index contributed by atoms with van der Waals surface area (Å²) in [4.78, 5) is 3.96. The molecule has 0 saturated carbocycles. The van der Waals surface area contributed by atoms with Crippen molar-refractivity contribution in [1.29, 1.82) is 0 Å². The van der Waals surface area contributed by atoms with Crippen LogP contribution in [0.1, 0.15) is 31.3 Å². The van der Waals surface area contributed by atoms with Crippen molar-refractivity contribution in [1.82, 2.24) is 9.78 Å². The first-order valence-electron chi connectivity index (χ1n) is 6.34. The Bertz CT molecular complexity index is 589. The SMILES string of the molecule is Cc1cc(C2=CC(C(F)(F)F)=CCN=C2)nn1C(C)C. The van der Waals surface area contributed by atoms with Crippen LogP contribution in [0.2, 0.25) is 0 Å². The number of allylic oxidation sites excluding steroid dienone is 3. The molecule has 1 aromatic heterocycles. The van der Waals surface area contributed by atoms with E-state index >= 15 is 0 Å². The van der Waals surface area contributed by atoms with Crippen molar-refractivity contribution in [3.8, 4) is 0 Å². The molecule has 0 N–H and O–H groups in total. The minimum atomic E-state index is -4.37. The van der Waals surface area contributed by atoms with Crippen LogP contribution in [0, 0.1) is 6.92 Å². The van der Waals surface area contributed by atoms with E-state index < -0.39 is 11.7 Å². The van der Waals surface area contributed by atoms with Crippen LogP contribution in [0.15, 0.2) is 28.8 Å². The number of hydrogen-bond acceptors (Lipinski definition) is 2. The molecule has 0 radical (unpaired) electrons. The molecular weight excluding hydrogens is 267 g/mol. The second-order valence-electron chi connectivity index (χ2n) is 4.96. The zero-order valence-corrected chi connectivity index (χ0v) is 11.6.